The first-order valence-corrected chi connectivity index (χ1v) is 9.92. The predicted octanol–water partition coefficient (Wildman–Crippen LogP) is 2.10. The molecule has 1 rings (SSSR count). The molecular weight excluding hydrogens is 199 g/mol. The second-order valence-electron chi connectivity index (χ2n) is 2.51. The van der Waals surface area contributed by atoms with E-state index in [0.717, 1.165) is 0 Å². The summed E-state index contributed by atoms with van der Waals surface area (Å²) in [7, 11) is 0. The van der Waals surface area contributed by atoms with Crippen molar-refractivity contribution in [2.24, 2.45) is 0 Å². The number of hydrogen-bond acceptors (Lipinski definition) is 0. The quantitative estimate of drug-likeness (QED) is 0.574. The molecule has 42 valence electrons. The zero-order valence-corrected chi connectivity index (χ0v) is 9.03. The average Bonchev–Trinajstić information content (AvgIpc) is 1.98. The molecule has 0 aromatic carbocycles. The number of hydrogen-bond donors (Lipinski definition) is 0. The van der Waals surface area contributed by atoms with Crippen molar-refractivity contribution in [3.8, 4) is 0 Å². The molecule has 0 saturated carbocycles. The molecular formula is C7H11In. The topological polar surface area (TPSA) is 0 Å². The van der Waals surface area contributed by atoms with E-state index >= 15 is 0 Å². The second kappa shape index (κ2) is 2.30. The zero-order valence-electron chi connectivity index (χ0n) is 5.73. The fourth-order valence-electron chi connectivity index (χ4n) is 0.924. The molecule has 0 aromatic heterocycles. The van der Waals surface area contributed by atoms with E-state index in [-0.39, 0.29) is 0 Å². The second-order valence-corrected chi connectivity index (χ2v) is 10.6. The van der Waals surface area contributed by atoms with Crippen LogP contribution in [0.15, 0.2) is 18.8 Å². The van der Waals surface area contributed by atoms with Crippen molar-refractivity contribution in [2.45, 2.75) is 18.5 Å². The van der Waals surface area contributed by atoms with Crippen LogP contribution in [0, 0.1) is 0 Å². The first-order valence-electron chi connectivity index (χ1n) is 3.07. The summed E-state index contributed by atoms with van der Waals surface area (Å²) in [5, 5.41) is 0. The Morgan fingerprint density at radius 2 is 2.00 bits per heavy atom. The molecule has 1 heterocycles. The van der Waals surface area contributed by atoms with Gasteiger partial charge in [-0.05, 0) is 0 Å². The molecule has 0 aliphatic carbocycles. The summed E-state index contributed by atoms with van der Waals surface area (Å²) in [6.07, 6.45) is 2.29. The van der Waals surface area contributed by atoms with Gasteiger partial charge in [0.05, 0.1) is 0 Å². The van der Waals surface area contributed by atoms with Crippen LogP contribution >= 0.6 is 0 Å². The van der Waals surface area contributed by atoms with E-state index in [4.69, 9.17) is 0 Å². The summed E-state index contributed by atoms with van der Waals surface area (Å²) in [6, 6.07) is 0. The minimum atomic E-state index is -1.11. The first kappa shape index (κ1) is 6.47. The summed E-state index contributed by atoms with van der Waals surface area (Å²) in [5.41, 5.74) is 1.54. The Morgan fingerprint density at radius 1 is 1.38 bits per heavy atom. The molecule has 0 saturated heterocycles. The molecule has 1 heteroatoms. The van der Waals surface area contributed by atoms with E-state index in [0.29, 0.717) is 0 Å². The summed E-state index contributed by atoms with van der Waals surface area (Å²) in [4.78, 5) is 0. The van der Waals surface area contributed by atoms with Gasteiger partial charge in [0.25, 0.3) is 0 Å². The molecule has 0 radical (unpaired) electrons. The van der Waals surface area contributed by atoms with Crippen LogP contribution in [-0.2, 0) is 0 Å². The molecule has 1 aliphatic heterocycles. The molecule has 0 bridgehead atoms. The van der Waals surface area contributed by atoms with Crippen molar-refractivity contribution in [3.05, 3.63) is 18.8 Å². The third kappa shape index (κ3) is 1.02. The zero-order chi connectivity index (χ0) is 6.15. The van der Waals surface area contributed by atoms with Gasteiger partial charge in [-0.2, -0.15) is 0 Å². The summed E-state index contributed by atoms with van der Waals surface area (Å²) in [5.74, 6) is 0. The fraction of sp³-hybridized carbons (Fsp3) is 0.429. The standard InChI is InChI=1S/C6H8.CH3.In/c1-4-6(3)5-2;;/h1,4H,2-3H3;1H3;. The Labute approximate surface area is 58.8 Å². The Bertz CT molecular complexity index is 154. The van der Waals surface area contributed by atoms with Crippen LogP contribution in [0.25, 0.3) is 0 Å². The van der Waals surface area contributed by atoms with E-state index in [1.165, 1.54) is 5.57 Å². The van der Waals surface area contributed by atoms with Crippen LogP contribution in [0.3, 0.4) is 0 Å². The Morgan fingerprint density at radius 3 is 2.12 bits per heavy atom. The van der Waals surface area contributed by atoms with Gasteiger partial charge >= 0.3 is 58.8 Å². The third-order valence-corrected chi connectivity index (χ3v) is 9.34. The molecule has 0 fully saturated rings. The van der Waals surface area contributed by atoms with Crippen molar-refractivity contribution in [1.29, 1.82) is 0 Å². The van der Waals surface area contributed by atoms with Gasteiger partial charge < -0.3 is 0 Å². The van der Waals surface area contributed by atoms with Crippen molar-refractivity contribution in [3.63, 3.8) is 0 Å². The maximum atomic E-state index is 2.45. The van der Waals surface area contributed by atoms with E-state index in [2.05, 4.69) is 28.4 Å². The van der Waals surface area contributed by atoms with Gasteiger partial charge in [-0.1, -0.05) is 0 Å². The molecule has 0 nitrogen and oxygen atoms in total. The van der Waals surface area contributed by atoms with E-state index in [9.17, 15) is 0 Å². The Kier molecular flexibility index (Phi) is 1.86. The van der Waals surface area contributed by atoms with Crippen LogP contribution in [0.5, 0.6) is 0 Å². The fourth-order valence-corrected chi connectivity index (χ4v) is 5.72. The minimum absolute atomic E-state index is 1.11. The molecule has 0 atom stereocenters. The molecule has 0 amide bonds. The SMILES string of the molecule is CC1=[C](C)[In]([CH3])[CH]=C1. The van der Waals surface area contributed by atoms with Gasteiger partial charge in [0, 0.05) is 0 Å². The predicted molar refractivity (Wildman–Crippen MR) is 39.1 cm³/mol. The molecule has 0 aromatic rings. The summed E-state index contributed by atoms with van der Waals surface area (Å²) < 4.78 is 6.61. The van der Waals surface area contributed by atoms with Crippen LogP contribution in [0.4, 0.5) is 0 Å². The first-order chi connectivity index (χ1) is 3.72. The van der Waals surface area contributed by atoms with E-state index in [1.807, 2.05) is 0 Å². The summed E-state index contributed by atoms with van der Waals surface area (Å²) in [6.45, 7) is 4.50. The van der Waals surface area contributed by atoms with Crippen molar-refractivity contribution >= 4 is 21.4 Å². The molecule has 0 unspecified atom stereocenters. The number of allylic oxidation sites excluding steroid dienone is 3. The average molecular weight is 210 g/mol. The normalized spacial score (nSPS) is 18.6. The van der Waals surface area contributed by atoms with E-state index in [1.54, 1.807) is 3.33 Å². The Hall–Kier alpha value is 0.350. The Balaban J connectivity index is 2.85. The van der Waals surface area contributed by atoms with Crippen LogP contribution in [0.1, 0.15) is 13.8 Å². The van der Waals surface area contributed by atoms with Crippen molar-refractivity contribution < 1.29 is 0 Å². The van der Waals surface area contributed by atoms with Crippen molar-refractivity contribution in [1.82, 2.24) is 0 Å². The van der Waals surface area contributed by atoms with Crippen LogP contribution < -0.4 is 0 Å². The molecule has 0 spiro atoms. The molecule has 1 aliphatic rings. The van der Waals surface area contributed by atoms with Crippen LogP contribution in [-0.4, -0.2) is 21.4 Å². The van der Waals surface area contributed by atoms with Crippen molar-refractivity contribution in [2.75, 3.05) is 0 Å². The van der Waals surface area contributed by atoms with Gasteiger partial charge in [-0.3, -0.25) is 0 Å². The number of rotatable bonds is 0. The van der Waals surface area contributed by atoms with Gasteiger partial charge in [0.2, 0.25) is 0 Å². The van der Waals surface area contributed by atoms with Gasteiger partial charge in [-0.25, -0.2) is 0 Å². The molecule has 0 N–H and O–H groups in total. The monoisotopic (exact) mass is 210 g/mol. The van der Waals surface area contributed by atoms with Gasteiger partial charge in [0.15, 0.2) is 0 Å². The van der Waals surface area contributed by atoms with Gasteiger partial charge in [-0.15, -0.1) is 0 Å². The summed E-state index contributed by atoms with van der Waals surface area (Å²) >= 11 is -1.11. The van der Waals surface area contributed by atoms with E-state index < -0.39 is 21.4 Å². The molecule has 8 heavy (non-hydrogen) atoms. The third-order valence-electron chi connectivity index (χ3n) is 1.94. The van der Waals surface area contributed by atoms with Crippen LogP contribution in [0.2, 0.25) is 4.68 Å². The maximum absolute atomic E-state index is 2.45. The van der Waals surface area contributed by atoms with Gasteiger partial charge in [0.1, 0.15) is 0 Å².